The molecule has 1 saturated heterocycles. The van der Waals surface area contributed by atoms with Crippen LogP contribution < -0.4 is 5.73 Å². The van der Waals surface area contributed by atoms with Gasteiger partial charge in [0.25, 0.3) is 0 Å². The summed E-state index contributed by atoms with van der Waals surface area (Å²) < 4.78 is 13.8. The fourth-order valence-electron chi connectivity index (χ4n) is 2.86. The minimum absolute atomic E-state index is 0.103. The van der Waals surface area contributed by atoms with Crippen LogP contribution in [0.15, 0.2) is 18.2 Å². The number of likely N-dealkylation sites (N-methyl/N-ethyl adjacent to an activating group) is 2. The summed E-state index contributed by atoms with van der Waals surface area (Å²) in [4.78, 5) is 4.58. The van der Waals surface area contributed by atoms with Crippen LogP contribution in [0.2, 0.25) is 5.02 Å². The van der Waals surface area contributed by atoms with Crippen molar-refractivity contribution in [2.24, 2.45) is 5.73 Å². The Morgan fingerprint density at radius 2 is 2.15 bits per heavy atom. The van der Waals surface area contributed by atoms with E-state index >= 15 is 0 Å². The van der Waals surface area contributed by atoms with Gasteiger partial charge in [0.1, 0.15) is 5.82 Å². The van der Waals surface area contributed by atoms with Crippen LogP contribution in [0.5, 0.6) is 0 Å². The number of nitrogens with two attached hydrogens (primary N) is 1. The Kier molecular flexibility index (Phi) is 5.38. The number of halogens is 2. The van der Waals surface area contributed by atoms with Crippen molar-refractivity contribution in [3.8, 4) is 0 Å². The first-order chi connectivity index (χ1) is 9.47. The highest BCUT2D eigenvalue weighted by Gasteiger charge is 2.26. The van der Waals surface area contributed by atoms with Crippen molar-refractivity contribution < 1.29 is 4.39 Å². The number of hydrogen-bond donors (Lipinski definition) is 1. The Morgan fingerprint density at radius 3 is 2.90 bits per heavy atom. The SMILES string of the molecule is CN1CCCN(C)C(C(N)Cc2cc(Cl)ccc2F)C1. The van der Waals surface area contributed by atoms with E-state index in [1.807, 2.05) is 0 Å². The second kappa shape index (κ2) is 6.85. The highest BCUT2D eigenvalue weighted by molar-refractivity contribution is 6.30. The number of benzene rings is 1. The molecular weight excluding hydrogens is 277 g/mol. The van der Waals surface area contributed by atoms with E-state index in [4.69, 9.17) is 17.3 Å². The third-order valence-corrected chi connectivity index (χ3v) is 4.31. The first-order valence-electron chi connectivity index (χ1n) is 7.05. The lowest BCUT2D eigenvalue weighted by molar-refractivity contribution is 0.194. The molecule has 0 spiro atoms. The molecule has 5 heteroatoms. The molecule has 1 heterocycles. The van der Waals surface area contributed by atoms with E-state index in [1.54, 1.807) is 12.1 Å². The van der Waals surface area contributed by atoms with Gasteiger partial charge in [0.15, 0.2) is 0 Å². The van der Waals surface area contributed by atoms with E-state index in [0.29, 0.717) is 17.0 Å². The van der Waals surface area contributed by atoms with Crippen LogP contribution in [0, 0.1) is 5.82 Å². The molecule has 1 aromatic carbocycles. The Hall–Kier alpha value is -0.680. The third-order valence-electron chi connectivity index (χ3n) is 4.07. The van der Waals surface area contributed by atoms with Gasteiger partial charge >= 0.3 is 0 Å². The van der Waals surface area contributed by atoms with Crippen LogP contribution in [0.1, 0.15) is 12.0 Å². The average Bonchev–Trinajstić information content (AvgIpc) is 2.55. The van der Waals surface area contributed by atoms with Gasteiger partial charge in [-0.1, -0.05) is 11.6 Å². The Labute approximate surface area is 125 Å². The molecule has 0 bridgehead atoms. The molecule has 0 radical (unpaired) electrons. The minimum Gasteiger partial charge on any atom is -0.326 e. The van der Waals surface area contributed by atoms with Crippen LogP contribution in [0.25, 0.3) is 0 Å². The summed E-state index contributed by atoms with van der Waals surface area (Å²) in [5.74, 6) is -0.227. The molecule has 2 atom stereocenters. The lowest BCUT2D eigenvalue weighted by Crippen LogP contribution is -2.51. The van der Waals surface area contributed by atoms with Gasteiger partial charge in [0, 0.05) is 23.7 Å². The first-order valence-corrected chi connectivity index (χ1v) is 7.43. The summed E-state index contributed by atoms with van der Waals surface area (Å²) in [6.07, 6.45) is 1.65. The van der Waals surface area contributed by atoms with Gasteiger partial charge in [-0.15, -0.1) is 0 Å². The fraction of sp³-hybridized carbons (Fsp3) is 0.600. The Morgan fingerprint density at radius 1 is 1.40 bits per heavy atom. The second-order valence-corrected chi connectivity index (χ2v) is 6.20. The lowest BCUT2D eigenvalue weighted by Gasteiger charge is -2.32. The summed E-state index contributed by atoms with van der Waals surface area (Å²) in [7, 11) is 4.21. The number of nitrogens with zero attached hydrogens (tertiary/aromatic N) is 2. The molecule has 2 rings (SSSR count). The summed E-state index contributed by atoms with van der Waals surface area (Å²) in [5, 5.41) is 0.555. The van der Waals surface area contributed by atoms with Crippen molar-refractivity contribution in [1.29, 1.82) is 0 Å². The van der Waals surface area contributed by atoms with Crippen LogP contribution in [0.3, 0.4) is 0 Å². The number of rotatable bonds is 3. The summed E-state index contributed by atoms with van der Waals surface area (Å²) in [5.41, 5.74) is 6.95. The highest BCUT2D eigenvalue weighted by atomic mass is 35.5. The van der Waals surface area contributed by atoms with Gasteiger partial charge in [-0.2, -0.15) is 0 Å². The molecule has 1 fully saturated rings. The largest absolute Gasteiger partial charge is 0.326 e. The molecule has 2 unspecified atom stereocenters. The summed E-state index contributed by atoms with van der Waals surface area (Å²) in [6.45, 7) is 3.03. The van der Waals surface area contributed by atoms with Gasteiger partial charge in [0.05, 0.1) is 0 Å². The predicted molar refractivity (Wildman–Crippen MR) is 81.6 cm³/mol. The van der Waals surface area contributed by atoms with E-state index in [1.165, 1.54) is 6.07 Å². The molecular formula is C15H23ClFN3. The molecule has 3 nitrogen and oxygen atoms in total. The summed E-state index contributed by atoms with van der Waals surface area (Å²) >= 11 is 5.94. The topological polar surface area (TPSA) is 32.5 Å². The zero-order valence-corrected chi connectivity index (χ0v) is 12.9. The molecule has 1 aromatic rings. The van der Waals surface area contributed by atoms with Crippen molar-refractivity contribution >= 4 is 11.6 Å². The van der Waals surface area contributed by atoms with E-state index in [0.717, 1.165) is 26.1 Å². The van der Waals surface area contributed by atoms with Crippen molar-refractivity contribution in [2.75, 3.05) is 33.7 Å². The van der Waals surface area contributed by atoms with Crippen LogP contribution in [-0.2, 0) is 6.42 Å². The lowest BCUT2D eigenvalue weighted by atomic mass is 9.98. The fourth-order valence-corrected chi connectivity index (χ4v) is 3.05. The van der Waals surface area contributed by atoms with E-state index in [2.05, 4.69) is 23.9 Å². The van der Waals surface area contributed by atoms with Crippen molar-refractivity contribution in [3.63, 3.8) is 0 Å². The molecule has 20 heavy (non-hydrogen) atoms. The molecule has 1 aliphatic rings. The third kappa shape index (κ3) is 3.92. The van der Waals surface area contributed by atoms with Crippen molar-refractivity contribution in [1.82, 2.24) is 9.80 Å². The summed E-state index contributed by atoms with van der Waals surface area (Å²) in [6, 6.07) is 4.79. The zero-order valence-electron chi connectivity index (χ0n) is 12.1. The maximum Gasteiger partial charge on any atom is 0.126 e. The smallest absolute Gasteiger partial charge is 0.126 e. The normalized spacial score (nSPS) is 23.6. The van der Waals surface area contributed by atoms with Gasteiger partial charge in [-0.3, -0.25) is 0 Å². The maximum atomic E-state index is 13.8. The van der Waals surface area contributed by atoms with Gasteiger partial charge in [-0.05, 0) is 63.8 Å². The van der Waals surface area contributed by atoms with E-state index < -0.39 is 0 Å². The minimum atomic E-state index is -0.227. The molecule has 0 amide bonds. The molecule has 1 aliphatic heterocycles. The van der Waals surface area contributed by atoms with Gasteiger partial charge < -0.3 is 15.5 Å². The standard InChI is InChI=1S/C15H23ClFN3/c1-19-6-3-7-20(2)15(10-19)14(18)9-11-8-12(16)4-5-13(11)17/h4-5,8,14-15H,3,6-7,9-10,18H2,1-2H3. The van der Waals surface area contributed by atoms with Gasteiger partial charge in [-0.25, -0.2) is 4.39 Å². The Balaban J connectivity index is 2.09. The van der Waals surface area contributed by atoms with Crippen LogP contribution in [-0.4, -0.2) is 55.6 Å². The Bertz CT molecular complexity index is 455. The first kappa shape index (κ1) is 15.7. The van der Waals surface area contributed by atoms with Gasteiger partial charge in [0.2, 0.25) is 0 Å². The highest BCUT2D eigenvalue weighted by Crippen LogP contribution is 2.18. The quantitative estimate of drug-likeness (QED) is 0.926. The monoisotopic (exact) mass is 299 g/mol. The van der Waals surface area contributed by atoms with E-state index in [-0.39, 0.29) is 17.9 Å². The number of hydrogen-bond acceptors (Lipinski definition) is 3. The average molecular weight is 300 g/mol. The second-order valence-electron chi connectivity index (χ2n) is 5.77. The molecule has 0 aromatic heterocycles. The molecule has 0 aliphatic carbocycles. The zero-order chi connectivity index (χ0) is 14.7. The maximum absolute atomic E-state index is 13.8. The molecule has 0 saturated carbocycles. The predicted octanol–water partition coefficient (Wildman–Crippen LogP) is 1.98. The van der Waals surface area contributed by atoms with Crippen LogP contribution >= 0.6 is 11.6 Å². The molecule has 2 N–H and O–H groups in total. The van der Waals surface area contributed by atoms with Crippen molar-refractivity contribution in [3.05, 3.63) is 34.6 Å². The van der Waals surface area contributed by atoms with Crippen molar-refractivity contribution in [2.45, 2.75) is 24.9 Å². The van der Waals surface area contributed by atoms with Crippen LogP contribution in [0.4, 0.5) is 4.39 Å². The molecule has 112 valence electrons. The van der Waals surface area contributed by atoms with E-state index in [9.17, 15) is 4.39 Å².